The smallest absolute Gasteiger partial charge is 0.313 e. The second kappa shape index (κ2) is 5.73. The first-order chi connectivity index (χ1) is 9.92. The van der Waals surface area contributed by atoms with Gasteiger partial charge in [-0.3, -0.25) is 10.1 Å². The zero-order valence-electron chi connectivity index (χ0n) is 11.7. The molecule has 0 saturated carbocycles. The van der Waals surface area contributed by atoms with Crippen LogP contribution in [0.4, 0.5) is 15.8 Å². The molecule has 9 heteroatoms. The molecular formula is C12H13FN4O4. The van der Waals surface area contributed by atoms with Gasteiger partial charge in [0, 0.05) is 20.0 Å². The van der Waals surface area contributed by atoms with Gasteiger partial charge < -0.3 is 14.2 Å². The van der Waals surface area contributed by atoms with Crippen molar-refractivity contribution in [3.63, 3.8) is 0 Å². The largest absolute Gasteiger partial charge is 0.490 e. The lowest BCUT2D eigenvalue weighted by Crippen LogP contribution is -2.19. The van der Waals surface area contributed by atoms with E-state index in [2.05, 4.69) is 10.1 Å². The van der Waals surface area contributed by atoms with Crippen LogP contribution in [0.25, 0.3) is 0 Å². The number of hydrogen-bond acceptors (Lipinski definition) is 7. The number of nitrogens with zero attached hydrogens (tertiary/aromatic N) is 4. The molecule has 0 aliphatic carbocycles. The molecule has 0 atom stereocenters. The third-order valence-corrected chi connectivity index (χ3v) is 2.80. The summed E-state index contributed by atoms with van der Waals surface area (Å²) in [6.45, 7) is 1.83. The van der Waals surface area contributed by atoms with Crippen LogP contribution in [0.2, 0.25) is 0 Å². The summed E-state index contributed by atoms with van der Waals surface area (Å²) in [4.78, 5) is 15.6. The zero-order valence-corrected chi connectivity index (χ0v) is 11.7. The molecule has 1 aromatic carbocycles. The topological polar surface area (TPSA) is 94.5 Å². The van der Waals surface area contributed by atoms with Gasteiger partial charge in [0.2, 0.25) is 5.89 Å². The molecule has 0 fully saturated rings. The summed E-state index contributed by atoms with van der Waals surface area (Å²) in [7, 11) is 2.89. The third-order valence-electron chi connectivity index (χ3n) is 2.80. The number of ether oxygens (including phenoxy) is 1. The average Bonchev–Trinajstić information content (AvgIpc) is 2.83. The molecule has 21 heavy (non-hydrogen) atoms. The Hall–Kier alpha value is -2.71. The highest BCUT2D eigenvalue weighted by Gasteiger charge is 2.21. The lowest BCUT2D eigenvalue weighted by Gasteiger charge is -2.18. The van der Waals surface area contributed by atoms with Gasteiger partial charge in [-0.25, -0.2) is 4.39 Å². The minimum atomic E-state index is -0.731. The second-order valence-electron chi connectivity index (χ2n) is 4.32. The first-order valence-electron chi connectivity index (χ1n) is 5.94. The molecule has 0 bridgehead atoms. The highest BCUT2D eigenvalue weighted by Crippen LogP contribution is 2.33. The molecule has 112 valence electrons. The van der Waals surface area contributed by atoms with E-state index < -0.39 is 16.4 Å². The van der Waals surface area contributed by atoms with Crippen molar-refractivity contribution >= 4 is 11.4 Å². The Labute approximate surface area is 119 Å². The molecule has 0 amide bonds. The number of benzene rings is 1. The van der Waals surface area contributed by atoms with Gasteiger partial charge in [-0.2, -0.15) is 4.98 Å². The van der Waals surface area contributed by atoms with E-state index in [-0.39, 0.29) is 18.0 Å². The van der Waals surface area contributed by atoms with Crippen LogP contribution in [0.3, 0.4) is 0 Å². The second-order valence-corrected chi connectivity index (χ2v) is 4.32. The predicted molar refractivity (Wildman–Crippen MR) is 70.7 cm³/mol. The van der Waals surface area contributed by atoms with Crippen LogP contribution in [0.5, 0.6) is 5.75 Å². The highest BCUT2D eigenvalue weighted by molar-refractivity contribution is 5.60. The van der Waals surface area contributed by atoms with Gasteiger partial charge in [0.1, 0.15) is 0 Å². The maximum atomic E-state index is 14.0. The van der Waals surface area contributed by atoms with E-state index in [1.165, 1.54) is 18.1 Å². The van der Waals surface area contributed by atoms with Gasteiger partial charge in [0.25, 0.3) is 0 Å². The van der Waals surface area contributed by atoms with E-state index in [1.54, 1.807) is 14.0 Å². The van der Waals surface area contributed by atoms with Gasteiger partial charge in [-0.05, 0) is 0 Å². The molecule has 0 saturated heterocycles. The normalized spacial score (nSPS) is 10.5. The number of nitro groups is 1. The van der Waals surface area contributed by atoms with Gasteiger partial charge in [-0.1, -0.05) is 5.16 Å². The van der Waals surface area contributed by atoms with Gasteiger partial charge in [0.15, 0.2) is 17.4 Å². The molecule has 0 radical (unpaired) electrons. The van der Waals surface area contributed by atoms with E-state index in [1.807, 2.05) is 0 Å². The van der Waals surface area contributed by atoms with Gasteiger partial charge >= 0.3 is 5.69 Å². The van der Waals surface area contributed by atoms with Crippen LogP contribution < -0.4 is 9.64 Å². The molecule has 1 aromatic heterocycles. The SMILES string of the molecule is COc1cc(N(C)Cc2noc(C)n2)c(F)cc1[N+](=O)[O-]. The standard InChI is InChI=1S/C12H13FN4O4/c1-7-14-12(15-21-7)6-16(2)9-5-11(20-3)10(17(18)19)4-8(9)13/h4-5H,6H2,1-3H3. The summed E-state index contributed by atoms with van der Waals surface area (Å²) in [5, 5.41) is 14.5. The summed E-state index contributed by atoms with van der Waals surface area (Å²) in [5.41, 5.74) is -0.289. The van der Waals surface area contributed by atoms with Crippen molar-refractivity contribution in [2.75, 3.05) is 19.1 Å². The molecule has 0 aliphatic heterocycles. The van der Waals surface area contributed by atoms with Crippen LogP contribution in [0.15, 0.2) is 16.7 Å². The summed E-state index contributed by atoms with van der Waals surface area (Å²) in [6.07, 6.45) is 0. The number of nitro benzene ring substituents is 1. The summed E-state index contributed by atoms with van der Waals surface area (Å²) in [5.74, 6) is 0.0321. The molecule has 0 aliphatic rings. The fourth-order valence-electron chi connectivity index (χ4n) is 1.83. The summed E-state index contributed by atoms with van der Waals surface area (Å²) >= 11 is 0. The highest BCUT2D eigenvalue weighted by atomic mass is 19.1. The van der Waals surface area contributed by atoms with Crippen molar-refractivity contribution in [3.05, 3.63) is 39.8 Å². The number of anilines is 1. The summed E-state index contributed by atoms with van der Waals surface area (Å²) in [6, 6.07) is 2.09. The molecule has 0 unspecified atom stereocenters. The Bertz CT molecular complexity index is 673. The minimum absolute atomic E-state index is 0.0208. The summed E-state index contributed by atoms with van der Waals surface area (Å²) < 4.78 is 23.8. The van der Waals surface area contributed by atoms with Crippen molar-refractivity contribution in [2.24, 2.45) is 0 Å². The lowest BCUT2D eigenvalue weighted by atomic mass is 10.2. The predicted octanol–water partition coefficient (Wildman–Crippen LogP) is 2.07. The van der Waals surface area contributed by atoms with E-state index in [0.29, 0.717) is 11.7 Å². The van der Waals surface area contributed by atoms with Crippen LogP contribution in [0, 0.1) is 22.9 Å². The van der Waals surface area contributed by atoms with E-state index in [4.69, 9.17) is 9.26 Å². The van der Waals surface area contributed by atoms with Crippen LogP contribution in [-0.4, -0.2) is 29.2 Å². The quantitative estimate of drug-likeness (QED) is 0.615. The fourth-order valence-corrected chi connectivity index (χ4v) is 1.83. The first-order valence-corrected chi connectivity index (χ1v) is 5.94. The molecule has 2 rings (SSSR count). The van der Waals surface area contributed by atoms with Gasteiger partial charge in [-0.15, -0.1) is 0 Å². The molecular weight excluding hydrogens is 283 g/mol. The van der Waals surface area contributed by atoms with Crippen molar-refractivity contribution in [3.8, 4) is 5.75 Å². The molecule has 1 heterocycles. The Balaban J connectivity index is 2.32. The van der Waals surface area contributed by atoms with Gasteiger partial charge in [0.05, 0.1) is 30.3 Å². The molecule has 0 N–H and O–H groups in total. The van der Waals surface area contributed by atoms with Crippen molar-refractivity contribution in [1.82, 2.24) is 10.1 Å². The van der Waals surface area contributed by atoms with Crippen molar-refractivity contribution in [2.45, 2.75) is 13.5 Å². The Morgan fingerprint density at radius 3 is 2.76 bits per heavy atom. The number of methoxy groups -OCH3 is 1. The average molecular weight is 296 g/mol. The monoisotopic (exact) mass is 296 g/mol. The van der Waals surface area contributed by atoms with E-state index in [9.17, 15) is 14.5 Å². The number of aromatic nitrogens is 2. The first kappa shape index (κ1) is 14.7. The zero-order chi connectivity index (χ0) is 15.6. The third kappa shape index (κ3) is 3.07. The maximum Gasteiger partial charge on any atom is 0.313 e. The van der Waals surface area contributed by atoms with E-state index in [0.717, 1.165) is 6.07 Å². The van der Waals surface area contributed by atoms with Crippen LogP contribution in [-0.2, 0) is 6.54 Å². The lowest BCUT2D eigenvalue weighted by molar-refractivity contribution is -0.385. The molecule has 8 nitrogen and oxygen atoms in total. The van der Waals surface area contributed by atoms with Crippen molar-refractivity contribution < 1.29 is 18.6 Å². The maximum absolute atomic E-state index is 14.0. The molecule has 0 spiro atoms. The Kier molecular flexibility index (Phi) is 4.01. The Morgan fingerprint density at radius 1 is 1.52 bits per heavy atom. The van der Waals surface area contributed by atoms with Crippen molar-refractivity contribution in [1.29, 1.82) is 0 Å². The Morgan fingerprint density at radius 2 is 2.24 bits per heavy atom. The number of hydrogen-bond donors (Lipinski definition) is 0. The molecule has 2 aromatic rings. The number of aryl methyl sites for hydroxylation is 1. The van der Waals surface area contributed by atoms with E-state index >= 15 is 0 Å². The minimum Gasteiger partial charge on any atom is -0.490 e. The fraction of sp³-hybridized carbons (Fsp3) is 0.333. The van der Waals surface area contributed by atoms with Crippen LogP contribution in [0.1, 0.15) is 11.7 Å². The number of rotatable bonds is 5. The van der Waals surface area contributed by atoms with Crippen LogP contribution >= 0.6 is 0 Å². The number of halogens is 1.